The highest BCUT2D eigenvalue weighted by atomic mass is 16.5. The SMILES string of the molecule is CN=C(NCc1ccc(C(=O)NCC(N)=O)cc1)N1CCN(c2ccccc2OC)CC1. The summed E-state index contributed by atoms with van der Waals surface area (Å²) in [6, 6.07) is 15.3. The number of carbonyl (C=O) groups excluding carboxylic acids is 2. The molecule has 0 aliphatic carbocycles. The van der Waals surface area contributed by atoms with E-state index in [0.717, 1.165) is 49.1 Å². The van der Waals surface area contributed by atoms with Crippen LogP contribution in [0.5, 0.6) is 5.75 Å². The molecule has 0 radical (unpaired) electrons. The Morgan fingerprint density at radius 1 is 1.03 bits per heavy atom. The van der Waals surface area contributed by atoms with Crippen LogP contribution in [0, 0.1) is 0 Å². The maximum Gasteiger partial charge on any atom is 0.251 e. The molecule has 2 aromatic carbocycles. The van der Waals surface area contributed by atoms with Crippen molar-refractivity contribution in [1.29, 1.82) is 0 Å². The average molecular weight is 439 g/mol. The van der Waals surface area contributed by atoms with Crippen LogP contribution in [-0.2, 0) is 11.3 Å². The van der Waals surface area contributed by atoms with Crippen LogP contribution in [0.1, 0.15) is 15.9 Å². The zero-order chi connectivity index (χ0) is 22.9. The van der Waals surface area contributed by atoms with E-state index in [-0.39, 0.29) is 12.5 Å². The minimum Gasteiger partial charge on any atom is -0.495 e. The van der Waals surface area contributed by atoms with Crippen LogP contribution < -0.4 is 26.0 Å². The summed E-state index contributed by atoms with van der Waals surface area (Å²) in [6.07, 6.45) is 0. The average Bonchev–Trinajstić information content (AvgIpc) is 2.83. The Morgan fingerprint density at radius 3 is 2.34 bits per heavy atom. The van der Waals surface area contributed by atoms with Gasteiger partial charge in [-0.1, -0.05) is 24.3 Å². The predicted molar refractivity (Wildman–Crippen MR) is 125 cm³/mol. The molecule has 3 rings (SSSR count). The molecule has 4 N–H and O–H groups in total. The van der Waals surface area contributed by atoms with Crippen molar-refractivity contribution in [3.05, 3.63) is 59.7 Å². The largest absolute Gasteiger partial charge is 0.495 e. The van der Waals surface area contributed by atoms with E-state index < -0.39 is 5.91 Å². The Labute approximate surface area is 188 Å². The molecule has 1 aliphatic rings. The second-order valence-corrected chi connectivity index (χ2v) is 7.39. The van der Waals surface area contributed by atoms with Crippen molar-refractivity contribution in [2.75, 3.05) is 51.8 Å². The summed E-state index contributed by atoms with van der Waals surface area (Å²) in [7, 11) is 3.47. The van der Waals surface area contributed by atoms with Gasteiger partial charge in [0.05, 0.1) is 19.3 Å². The molecule has 0 bridgehead atoms. The summed E-state index contributed by atoms with van der Waals surface area (Å²) < 4.78 is 5.49. The molecule has 0 saturated carbocycles. The smallest absolute Gasteiger partial charge is 0.251 e. The second kappa shape index (κ2) is 11.0. The van der Waals surface area contributed by atoms with Gasteiger partial charge in [-0.25, -0.2) is 0 Å². The van der Waals surface area contributed by atoms with E-state index in [1.165, 1.54) is 0 Å². The predicted octanol–water partition coefficient (Wildman–Crippen LogP) is 0.808. The standard InChI is InChI=1S/C23H30N6O3/c1-25-23(27-15-17-7-9-18(10-8-17)22(31)26-16-21(24)30)29-13-11-28(12-14-29)19-5-3-4-6-20(19)32-2/h3-10H,11-16H2,1-2H3,(H2,24,30)(H,25,27)(H,26,31). The van der Waals surface area contributed by atoms with Gasteiger partial charge in [0.25, 0.3) is 5.91 Å². The van der Waals surface area contributed by atoms with E-state index in [4.69, 9.17) is 10.5 Å². The first-order chi connectivity index (χ1) is 15.5. The Bertz CT molecular complexity index is 952. The number of methoxy groups -OCH3 is 1. The highest BCUT2D eigenvalue weighted by molar-refractivity contribution is 5.96. The number of piperazine rings is 1. The lowest BCUT2D eigenvalue weighted by molar-refractivity contribution is -0.117. The first-order valence-corrected chi connectivity index (χ1v) is 10.5. The van der Waals surface area contributed by atoms with Gasteiger partial charge in [-0.3, -0.25) is 14.6 Å². The number of primary amides is 1. The lowest BCUT2D eigenvalue weighted by Crippen LogP contribution is -2.52. The molecule has 2 aromatic rings. The molecule has 1 heterocycles. The number of hydrogen-bond donors (Lipinski definition) is 3. The highest BCUT2D eigenvalue weighted by Crippen LogP contribution is 2.28. The topological polar surface area (TPSA) is 112 Å². The molecule has 0 spiro atoms. The molecule has 0 atom stereocenters. The number of ether oxygens (including phenoxy) is 1. The number of aliphatic imine (C=N–C) groups is 1. The van der Waals surface area contributed by atoms with E-state index in [2.05, 4.69) is 31.5 Å². The van der Waals surface area contributed by atoms with Crippen molar-refractivity contribution < 1.29 is 14.3 Å². The van der Waals surface area contributed by atoms with Crippen LogP contribution in [0.2, 0.25) is 0 Å². The maximum absolute atomic E-state index is 12.0. The minimum absolute atomic E-state index is 0.178. The van der Waals surface area contributed by atoms with Crippen molar-refractivity contribution in [3.63, 3.8) is 0 Å². The molecule has 2 amide bonds. The molecule has 9 nitrogen and oxygen atoms in total. The van der Waals surface area contributed by atoms with Crippen LogP contribution in [-0.4, -0.2) is 69.6 Å². The lowest BCUT2D eigenvalue weighted by Gasteiger charge is -2.38. The van der Waals surface area contributed by atoms with Crippen LogP contribution in [0.15, 0.2) is 53.5 Å². The van der Waals surface area contributed by atoms with Gasteiger partial charge in [-0.2, -0.15) is 0 Å². The highest BCUT2D eigenvalue weighted by Gasteiger charge is 2.21. The molecule has 9 heteroatoms. The second-order valence-electron chi connectivity index (χ2n) is 7.39. The molecular formula is C23H30N6O3. The maximum atomic E-state index is 12.0. The molecule has 0 aromatic heterocycles. The van der Waals surface area contributed by atoms with E-state index in [1.807, 2.05) is 30.3 Å². The number of carbonyl (C=O) groups is 2. The van der Waals surface area contributed by atoms with Crippen LogP contribution in [0.25, 0.3) is 0 Å². The van der Waals surface area contributed by atoms with Crippen LogP contribution in [0.4, 0.5) is 5.69 Å². The van der Waals surface area contributed by atoms with Crippen molar-refractivity contribution in [1.82, 2.24) is 15.5 Å². The van der Waals surface area contributed by atoms with Gasteiger partial charge in [-0.05, 0) is 29.8 Å². The summed E-state index contributed by atoms with van der Waals surface area (Å²) in [5, 5.41) is 5.87. The molecule has 1 saturated heterocycles. The normalized spacial score (nSPS) is 14.1. The van der Waals surface area contributed by atoms with Crippen molar-refractivity contribution in [2.45, 2.75) is 6.54 Å². The van der Waals surface area contributed by atoms with Gasteiger partial charge < -0.3 is 30.9 Å². The Hall–Kier alpha value is -3.75. The molecular weight excluding hydrogens is 408 g/mol. The fourth-order valence-electron chi connectivity index (χ4n) is 3.61. The lowest BCUT2D eigenvalue weighted by atomic mass is 10.1. The summed E-state index contributed by atoms with van der Waals surface area (Å²) in [4.78, 5) is 31.8. The summed E-state index contributed by atoms with van der Waals surface area (Å²) in [6.45, 7) is 3.84. The first kappa shape index (κ1) is 22.9. The summed E-state index contributed by atoms with van der Waals surface area (Å²) in [5.41, 5.74) is 7.66. The summed E-state index contributed by atoms with van der Waals surface area (Å²) in [5.74, 6) is 0.824. The van der Waals surface area contributed by atoms with E-state index in [1.54, 1.807) is 26.3 Å². The third kappa shape index (κ3) is 5.90. The van der Waals surface area contributed by atoms with E-state index in [0.29, 0.717) is 12.1 Å². The monoisotopic (exact) mass is 438 g/mol. The number of para-hydroxylation sites is 2. The van der Waals surface area contributed by atoms with Crippen LogP contribution >= 0.6 is 0 Å². The number of benzene rings is 2. The summed E-state index contributed by atoms with van der Waals surface area (Å²) >= 11 is 0. The van der Waals surface area contributed by atoms with Crippen molar-refractivity contribution in [2.24, 2.45) is 10.7 Å². The number of hydrogen-bond acceptors (Lipinski definition) is 5. The number of amides is 2. The van der Waals surface area contributed by atoms with Gasteiger partial charge in [0.2, 0.25) is 5.91 Å². The van der Waals surface area contributed by atoms with Crippen molar-refractivity contribution in [3.8, 4) is 5.75 Å². The fraction of sp³-hybridized carbons (Fsp3) is 0.348. The fourth-order valence-corrected chi connectivity index (χ4v) is 3.61. The number of nitrogens with one attached hydrogen (secondary N) is 2. The number of anilines is 1. The molecule has 1 aliphatic heterocycles. The van der Waals surface area contributed by atoms with E-state index in [9.17, 15) is 9.59 Å². The quantitative estimate of drug-likeness (QED) is 0.436. The van der Waals surface area contributed by atoms with Gasteiger partial charge in [0, 0.05) is 45.3 Å². The zero-order valence-electron chi connectivity index (χ0n) is 18.5. The van der Waals surface area contributed by atoms with Gasteiger partial charge in [0.1, 0.15) is 5.75 Å². The van der Waals surface area contributed by atoms with Gasteiger partial charge in [-0.15, -0.1) is 0 Å². The Balaban J connectivity index is 1.51. The minimum atomic E-state index is -0.575. The Morgan fingerprint density at radius 2 is 1.72 bits per heavy atom. The first-order valence-electron chi connectivity index (χ1n) is 10.5. The van der Waals surface area contributed by atoms with Gasteiger partial charge >= 0.3 is 0 Å². The van der Waals surface area contributed by atoms with E-state index >= 15 is 0 Å². The zero-order valence-corrected chi connectivity index (χ0v) is 18.5. The third-order valence-electron chi connectivity index (χ3n) is 5.31. The molecule has 0 unspecified atom stereocenters. The number of nitrogens with two attached hydrogens (primary N) is 1. The third-order valence-corrected chi connectivity index (χ3v) is 5.31. The van der Waals surface area contributed by atoms with Crippen LogP contribution in [0.3, 0.4) is 0 Å². The molecule has 32 heavy (non-hydrogen) atoms. The number of guanidine groups is 1. The van der Waals surface area contributed by atoms with Crippen molar-refractivity contribution >= 4 is 23.5 Å². The van der Waals surface area contributed by atoms with Gasteiger partial charge in [0.15, 0.2) is 5.96 Å². The number of nitrogens with zero attached hydrogens (tertiary/aromatic N) is 3. The molecule has 1 fully saturated rings. The number of rotatable bonds is 7. The Kier molecular flexibility index (Phi) is 7.91. The molecule has 170 valence electrons.